The summed E-state index contributed by atoms with van der Waals surface area (Å²) in [5.74, 6) is -0.257. The fraction of sp³-hybridized carbons (Fsp3) is 0.467. The number of halogens is 1. The van der Waals surface area contributed by atoms with Crippen molar-refractivity contribution in [2.24, 2.45) is 0 Å². The Bertz CT molecular complexity index is 479. The largest absolute Gasteiger partial charge is 0.385 e. The number of hydrogen-bond donors (Lipinski definition) is 2. The summed E-state index contributed by atoms with van der Waals surface area (Å²) in [4.78, 5) is 25.2. The lowest BCUT2D eigenvalue weighted by Gasteiger charge is -2.16. The van der Waals surface area contributed by atoms with Gasteiger partial charge in [-0.05, 0) is 37.7 Å². The van der Waals surface area contributed by atoms with Gasteiger partial charge in [-0.3, -0.25) is 14.5 Å². The van der Waals surface area contributed by atoms with Crippen LogP contribution in [0, 0.1) is 0 Å². The van der Waals surface area contributed by atoms with E-state index < -0.39 is 0 Å². The standard InChI is InChI=1S/C15H22BrN3O3/c1-19(10-14(20)17-8-3-9-22-2)11-15(21)18-13-6-4-12(16)5-7-13/h4-7H,3,8-11H2,1-2H3,(H,17,20)(H,18,21). The van der Waals surface area contributed by atoms with E-state index in [1.54, 1.807) is 19.1 Å². The van der Waals surface area contributed by atoms with Crippen molar-refractivity contribution in [2.75, 3.05) is 45.7 Å². The molecule has 1 aromatic carbocycles. The first-order valence-electron chi connectivity index (χ1n) is 7.01. The van der Waals surface area contributed by atoms with E-state index in [9.17, 15) is 9.59 Å². The second-order valence-corrected chi connectivity index (χ2v) is 5.84. The molecule has 7 heteroatoms. The summed E-state index contributed by atoms with van der Waals surface area (Å²) in [6.07, 6.45) is 0.774. The van der Waals surface area contributed by atoms with Gasteiger partial charge in [0.2, 0.25) is 11.8 Å². The highest BCUT2D eigenvalue weighted by Crippen LogP contribution is 2.13. The van der Waals surface area contributed by atoms with E-state index in [0.29, 0.717) is 13.2 Å². The molecule has 0 atom stereocenters. The van der Waals surface area contributed by atoms with Gasteiger partial charge in [0.15, 0.2) is 0 Å². The molecule has 1 rings (SSSR count). The zero-order valence-corrected chi connectivity index (χ0v) is 14.5. The molecule has 0 aliphatic carbocycles. The molecule has 0 fully saturated rings. The maximum Gasteiger partial charge on any atom is 0.238 e. The Hall–Kier alpha value is -1.44. The lowest BCUT2D eigenvalue weighted by Crippen LogP contribution is -2.39. The second-order valence-electron chi connectivity index (χ2n) is 4.92. The highest BCUT2D eigenvalue weighted by molar-refractivity contribution is 9.10. The molecule has 0 spiro atoms. The Morgan fingerprint density at radius 2 is 1.82 bits per heavy atom. The highest BCUT2D eigenvalue weighted by atomic mass is 79.9. The van der Waals surface area contributed by atoms with Gasteiger partial charge < -0.3 is 15.4 Å². The van der Waals surface area contributed by atoms with Crippen molar-refractivity contribution < 1.29 is 14.3 Å². The minimum absolute atomic E-state index is 0.102. The molecule has 1 aromatic rings. The number of rotatable bonds is 9. The van der Waals surface area contributed by atoms with Crippen LogP contribution in [0.5, 0.6) is 0 Å². The molecule has 0 aliphatic rings. The zero-order chi connectivity index (χ0) is 16.4. The molecule has 0 saturated carbocycles. The van der Waals surface area contributed by atoms with Crippen LogP contribution >= 0.6 is 15.9 Å². The first kappa shape index (κ1) is 18.6. The minimum atomic E-state index is -0.156. The number of nitrogens with zero attached hydrogens (tertiary/aromatic N) is 1. The van der Waals surface area contributed by atoms with Gasteiger partial charge >= 0.3 is 0 Å². The summed E-state index contributed by atoms with van der Waals surface area (Å²) >= 11 is 3.34. The number of methoxy groups -OCH3 is 1. The van der Waals surface area contributed by atoms with Gasteiger partial charge in [0.25, 0.3) is 0 Å². The fourth-order valence-corrected chi connectivity index (χ4v) is 2.04. The number of amides is 2. The molecule has 0 saturated heterocycles. The van der Waals surface area contributed by atoms with Crippen molar-refractivity contribution >= 4 is 33.4 Å². The van der Waals surface area contributed by atoms with Gasteiger partial charge in [0.1, 0.15) is 0 Å². The average molecular weight is 372 g/mol. The van der Waals surface area contributed by atoms with Gasteiger partial charge in [0.05, 0.1) is 13.1 Å². The van der Waals surface area contributed by atoms with Crippen LogP contribution in [0.15, 0.2) is 28.7 Å². The van der Waals surface area contributed by atoms with Crippen molar-refractivity contribution in [2.45, 2.75) is 6.42 Å². The summed E-state index contributed by atoms with van der Waals surface area (Å²) in [6, 6.07) is 7.33. The molecular formula is C15H22BrN3O3. The SMILES string of the molecule is COCCCNC(=O)CN(C)CC(=O)Nc1ccc(Br)cc1. The van der Waals surface area contributed by atoms with E-state index in [1.807, 2.05) is 24.3 Å². The lowest BCUT2D eigenvalue weighted by atomic mass is 10.3. The predicted octanol–water partition coefficient (Wildman–Crippen LogP) is 1.47. The number of nitrogens with one attached hydrogen (secondary N) is 2. The van der Waals surface area contributed by atoms with E-state index in [-0.39, 0.29) is 24.9 Å². The Kier molecular flexibility index (Phi) is 8.72. The van der Waals surface area contributed by atoms with E-state index in [1.165, 1.54) is 0 Å². The number of anilines is 1. The Morgan fingerprint density at radius 1 is 1.18 bits per heavy atom. The quantitative estimate of drug-likeness (QED) is 0.644. The molecule has 0 bridgehead atoms. The van der Waals surface area contributed by atoms with Crippen molar-refractivity contribution in [3.63, 3.8) is 0 Å². The van der Waals surface area contributed by atoms with Crippen LogP contribution in [0.2, 0.25) is 0 Å². The monoisotopic (exact) mass is 371 g/mol. The molecule has 2 N–H and O–H groups in total. The number of carbonyl (C=O) groups is 2. The van der Waals surface area contributed by atoms with Gasteiger partial charge in [-0.1, -0.05) is 15.9 Å². The second kappa shape index (κ2) is 10.3. The number of ether oxygens (including phenoxy) is 1. The Labute approximate surface area is 139 Å². The third kappa shape index (κ3) is 8.11. The van der Waals surface area contributed by atoms with Crippen LogP contribution in [-0.2, 0) is 14.3 Å². The van der Waals surface area contributed by atoms with Crippen molar-refractivity contribution in [1.29, 1.82) is 0 Å². The van der Waals surface area contributed by atoms with E-state index in [0.717, 1.165) is 16.6 Å². The van der Waals surface area contributed by atoms with E-state index in [4.69, 9.17) is 4.74 Å². The smallest absolute Gasteiger partial charge is 0.238 e. The van der Waals surface area contributed by atoms with Gasteiger partial charge in [-0.25, -0.2) is 0 Å². The molecular weight excluding hydrogens is 350 g/mol. The van der Waals surface area contributed by atoms with Crippen LogP contribution in [0.3, 0.4) is 0 Å². The minimum Gasteiger partial charge on any atom is -0.385 e. The average Bonchev–Trinajstić information content (AvgIpc) is 2.46. The number of carbonyl (C=O) groups excluding carboxylic acids is 2. The Morgan fingerprint density at radius 3 is 2.45 bits per heavy atom. The maximum atomic E-state index is 11.9. The van der Waals surface area contributed by atoms with Crippen LogP contribution in [0.25, 0.3) is 0 Å². The van der Waals surface area contributed by atoms with Gasteiger partial charge in [-0.15, -0.1) is 0 Å². The molecule has 2 amide bonds. The first-order chi connectivity index (χ1) is 10.5. The molecule has 122 valence electrons. The van der Waals surface area contributed by atoms with Crippen molar-refractivity contribution in [3.05, 3.63) is 28.7 Å². The van der Waals surface area contributed by atoms with Gasteiger partial charge in [0, 0.05) is 30.4 Å². The normalized spacial score (nSPS) is 10.5. The summed E-state index contributed by atoms with van der Waals surface area (Å²) in [6.45, 7) is 1.53. The van der Waals surface area contributed by atoms with Crippen LogP contribution < -0.4 is 10.6 Å². The van der Waals surface area contributed by atoms with E-state index >= 15 is 0 Å². The third-order valence-corrected chi connectivity index (χ3v) is 3.33. The lowest BCUT2D eigenvalue weighted by molar-refractivity contribution is -0.123. The number of benzene rings is 1. The predicted molar refractivity (Wildman–Crippen MR) is 89.8 cm³/mol. The molecule has 0 radical (unpaired) electrons. The van der Waals surface area contributed by atoms with Gasteiger partial charge in [-0.2, -0.15) is 0 Å². The summed E-state index contributed by atoms with van der Waals surface area (Å²) in [7, 11) is 3.36. The number of likely N-dealkylation sites (N-methyl/N-ethyl adjacent to an activating group) is 1. The fourth-order valence-electron chi connectivity index (χ4n) is 1.78. The van der Waals surface area contributed by atoms with E-state index in [2.05, 4.69) is 26.6 Å². The van der Waals surface area contributed by atoms with Crippen LogP contribution in [-0.4, -0.2) is 57.1 Å². The van der Waals surface area contributed by atoms with Crippen molar-refractivity contribution in [1.82, 2.24) is 10.2 Å². The number of hydrogen-bond acceptors (Lipinski definition) is 4. The molecule has 0 heterocycles. The summed E-state index contributed by atoms with van der Waals surface area (Å²) in [5, 5.41) is 5.56. The molecule has 6 nitrogen and oxygen atoms in total. The van der Waals surface area contributed by atoms with Crippen LogP contribution in [0.1, 0.15) is 6.42 Å². The Balaban J connectivity index is 2.25. The van der Waals surface area contributed by atoms with Crippen molar-refractivity contribution in [3.8, 4) is 0 Å². The summed E-state index contributed by atoms with van der Waals surface area (Å²) < 4.78 is 5.86. The first-order valence-corrected chi connectivity index (χ1v) is 7.80. The third-order valence-electron chi connectivity index (χ3n) is 2.80. The maximum absolute atomic E-state index is 11.9. The van der Waals surface area contributed by atoms with Crippen LogP contribution in [0.4, 0.5) is 5.69 Å². The summed E-state index contributed by atoms with van der Waals surface area (Å²) in [5.41, 5.74) is 0.727. The molecule has 0 unspecified atom stereocenters. The highest BCUT2D eigenvalue weighted by Gasteiger charge is 2.10. The topological polar surface area (TPSA) is 70.7 Å². The molecule has 0 aliphatic heterocycles. The zero-order valence-electron chi connectivity index (χ0n) is 12.9. The molecule has 22 heavy (non-hydrogen) atoms. The molecule has 0 aromatic heterocycles.